The van der Waals surface area contributed by atoms with Gasteiger partial charge in [0, 0.05) is 56.1 Å². The number of benzene rings is 1. The molecule has 1 aromatic carbocycles. The van der Waals surface area contributed by atoms with Crippen molar-refractivity contribution in [2.45, 2.75) is 55.9 Å². The van der Waals surface area contributed by atoms with Crippen LogP contribution in [-0.2, 0) is 6.54 Å². The molecule has 3 saturated heterocycles. The molecule has 1 aliphatic carbocycles. The first-order valence-electron chi connectivity index (χ1n) is 13.0. The lowest BCUT2D eigenvalue weighted by atomic mass is 9.71. The van der Waals surface area contributed by atoms with Crippen molar-refractivity contribution in [2.24, 2.45) is 11.8 Å². The van der Waals surface area contributed by atoms with Crippen LogP contribution in [-0.4, -0.2) is 76.6 Å². The second kappa shape index (κ2) is 9.77. The number of ether oxygens (including phenoxy) is 1. The molecule has 2 amide bonds. The highest BCUT2D eigenvalue weighted by Crippen LogP contribution is 2.42. The average Bonchev–Trinajstić information content (AvgIpc) is 3.29. The Morgan fingerprint density at radius 1 is 1.08 bits per heavy atom. The van der Waals surface area contributed by atoms with Gasteiger partial charge in [-0.2, -0.15) is 0 Å². The highest BCUT2D eigenvalue weighted by atomic mass is 19.3. The Kier molecular flexibility index (Phi) is 6.46. The standard InChI is InChI=1S/C26H33F2N7O2/c1-37-24-29-10-18(11-30-24)23-20-7-17-13-35(25(36)31-21(17)8-22(20)32-33-23)19-9-26(27,28)15-34(14-19)12-16-5-3-2-4-6-16/h2-6,10-11,17,19-23,32-33H,7-9,12-15H2,1H3,(H,31,36). The molecule has 0 bridgehead atoms. The number of halogens is 2. The second-order valence-corrected chi connectivity index (χ2v) is 10.8. The van der Waals surface area contributed by atoms with E-state index in [-0.39, 0.29) is 49.0 Å². The first-order valence-corrected chi connectivity index (χ1v) is 13.0. The monoisotopic (exact) mass is 513 g/mol. The third-order valence-corrected chi connectivity index (χ3v) is 8.36. The highest BCUT2D eigenvalue weighted by Gasteiger charge is 2.50. The number of likely N-dealkylation sites (tertiary alicyclic amines) is 1. The van der Waals surface area contributed by atoms with Gasteiger partial charge in [0.1, 0.15) is 0 Å². The summed E-state index contributed by atoms with van der Waals surface area (Å²) in [5.41, 5.74) is 8.74. The Hall–Kier alpha value is -2.89. The fraction of sp³-hybridized carbons (Fsp3) is 0.577. The average molecular weight is 514 g/mol. The lowest BCUT2D eigenvalue weighted by Gasteiger charge is -2.50. The number of alkyl halides is 2. The number of nitrogens with one attached hydrogen (secondary N) is 3. The summed E-state index contributed by atoms with van der Waals surface area (Å²) in [5, 5.41) is 3.15. The number of hydrogen-bond donors (Lipinski definition) is 3. The van der Waals surface area contributed by atoms with Crippen LogP contribution in [0, 0.1) is 11.8 Å². The number of rotatable bonds is 5. The number of carbonyl (C=O) groups is 1. The number of nitrogens with zero attached hydrogens (tertiary/aromatic N) is 4. The zero-order valence-electron chi connectivity index (χ0n) is 20.8. The van der Waals surface area contributed by atoms with Crippen molar-refractivity contribution in [1.82, 2.24) is 35.9 Å². The van der Waals surface area contributed by atoms with Gasteiger partial charge in [-0.1, -0.05) is 30.3 Å². The zero-order valence-corrected chi connectivity index (χ0v) is 20.8. The molecule has 0 radical (unpaired) electrons. The number of hydrogen-bond acceptors (Lipinski definition) is 7. The van der Waals surface area contributed by atoms with Gasteiger partial charge in [0.05, 0.1) is 25.7 Å². The predicted octanol–water partition coefficient (Wildman–Crippen LogP) is 2.33. The summed E-state index contributed by atoms with van der Waals surface area (Å²) in [6.07, 6.45) is 4.90. The number of methoxy groups -OCH3 is 1. The smallest absolute Gasteiger partial charge is 0.317 e. The molecule has 1 saturated carbocycles. The van der Waals surface area contributed by atoms with Gasteiger partial charge in [0.25, 0.3) is 5.92 Å². The lowest BCUT2D eigenvalue weighted by Crippen LogP contribution is -2.66. The number of aromatic nitrogens is 2. The molecule has 4 heterocycles. The van der Waals surface area contributed by atoms with E-state index in [9.17, 15) is 13.6 Å². The molecule has 0 spiro atoms. The molecule has 37 heavy (non-hydrogen) atoms. The van der Waals surface area contributed by atoms with E-state index >= 15 is 0 Å². The Labute approximate surface area is 214 Å². The number of piperidine rings is 1. The van der Waals surface area contributed by atoms with Crippen LogP contribution in [0.5, 0.6) is 6.01 Å². The fourth-order valence-corrected chi connectivity index (χ4v) is 6.68. The van der Waals surface area contributed by atoms with Gasteiger partial charge in [-0.15, -0.1) is 0 Å². The maximum atomic E-state index is 14.9. The van der Waals surface area contributed by atoms with Crippen LogP contribution in [0.3, 0.4) is 0 Å². The van der Waals surface area contributed by atoms with Crippen molar-refractivity contribution >= 4 is 6.03 Å². The van der Waals surface area contributed by atoms with Gasteiger partial charge in [-0.25, -0.2) is 29.0 Å². The number of fused-ring (bicyclic) bond motifs is 2. The van der Waals surface area contributed by atoms with E-state index in [1.165, 1.54) is 7.11 Å². The summed E-state index contributed by atoms with van der Waals surface area (Å²) in [6, 6.07) is 9.47. The van der Waals surface area contributed by atoms with Crippen molar-refractivity contribution in [2.75, 3.05) is 26.7 Å². The van der Waals surface area contributed by atoms with Crippen LogP contribution in [0.1, 0.15) is 36.4 Å². The SMILES string of the molecule is COc1ncc(C2NNC3CC4NC(=O)N(C5CN(Cc6ccccc6)CC(F)(F)C5)CC4CC32)cn1. The van der Waals surface area contributed by atoms with Crippen molar-refractivity contribution in [1.29, 1.82) is 0 Å². The Morgan fingerprint density at radius 3 is 2.62 bits per heavy atom. The third kappa shape index (κ3) is 4.99. The van der Waals surface area contributed by atoms with Crippen LogP contribution < -0.4 is 20.9 Å². The summed E-state index contributed by atoms with van der Waals surface area (Å²) in [4.78, 5) is 25.1. The minimum atomic E-state index is -2.84. The van der Waals surface area contributed by atoms with Gasteiger partial charge in [-0.3, -0.25) is 10.3 Å². The normalized spacial score (nSPS) is 33.4. The molecular formula is C26H33F2N7O2. The molecule has 11 heteroatoms. The van der Waals surface area contributed by atoms with Crippen molar-refractivity contribution in [3.63, 3.8) is 0 Å². The number of carbonyl (C=O) groups excluding carboxylic acids is 1. The van der Waals surface area contributed by atoms with Crippen molar-refractivity contribution < 1.29 is 18.3 Å². The molecule has 6 rings (SSSR count). The number of amides is 2. The third-order valence-electron chi connectivity index (χ3n) is 8.36. The van der Waals surface area contributed by atoms with Crippen LogP contribution in [0.25, 0.3) is 0 Å². The summed E-state index contributed by atoms with van der Waals surface area (Å²) in [7, 11) is 1.54. The molecule has 4 aliphatic rings. The minimum absolute atomic E-state index is 0.0229. The van der Waals surface area contributed by atoms with E-state index in [0.29, 0.717) is 25.6 Å². The number of hydrazine groups is 1. The summed E-state index contributed by atoms with van der Waals surface area (Å²) < 4.78 is 34.8. The van der Waals surface area contributed by atoms with Crippen molar-refractivity contribution in [3.05, 3.63) is 53.9 Å². The molecule has 3 aliphatic heterocycles. The molecular weight excluding hydrogens is 480 g/mol. The Bertz CT molecular complexity index is 1110. The predicted molar refractivity (Wildman–Crippen MR) is 132 cm³/mol. The molecule has 4 fully saturated rings. The second-order valence-electron chi connectivity index (χ2n) is 10.8. The van der Waals surface area contributed by atoms with E-state index in [4.69, 9.17) is 4.74 Å². The fourth-order valence-electron chi connectivity index (χ4n) is 6.68. The van der Waals surface area contributed by atoms with Crippen LogP contribution >= 0.6 is 0 Å². The van der Waals surface area contributed by atoms with E-state index in [0.717, 1.165) is 24.0 Å². The molecule has 1 aromatic heterocycles. The minimum Gasteiger partial charge on any atom is -0.467 e. The maximum absolute atomic E-state index is 14.9. The van der Waals surface area contributed by atoms with Crippen LogP contribution in [0.15, 0.2) is 42.7 Å². The molecule has 198 valence electrons. The quantitative estimate of drug-likeness (QED) is 0.565. The van der Waals surface area contributed by atoms with Crippen LogP contribution in [0.4, 0.5) is 13.6 Å². The lowest BCUT2D eigenvalue weighted by molar-refractivity contribution is -0.0947. The van der Waals surface area contributed by atoms with Crippen LogP contribution in [0.2, 0.25) is 0 Å². The summed E-state index contributed by atoms with van der Waals surface area (Å²) >= 11 is 0. The molecule has 6 atom stereocenters. The molecule has 6 unspecified atom stereocenters. The van der Waals surface area contributed by atoms with Gasteiger partial charge in [0.15, 0.2) is 0 Å². The number of urea groups is 1. The van der Waals surface area contributed by atoms with E-state index in [1.807, 2.05) is 30.3 Å². The summed E-state index contributed by atoms with van der Waals surface area (Å²) in [6.45, 7) is 1.09. The van der Waals surface area contributed by atoms with E-state index < -0.39 is 12.0 Å². The first kappa shape index (κ1) is 24.4. The largest absolute Gasteiger partial charge is 0.467 e. The molecule has 2 aromatic rings. The van der Waals surface area contributed by atoms with E-state index in [2.05, 4.69) is 26.1 Å². The maximum Gasteiger partial charge on any atom is 0.317 e. The van der Waals surface area contributed by atoms with Crippen molar-refractivity contribution in [3.8, 4) is 6.01 Å². The van der Waals surface area contributed by atoms with Gasteiger partial charge >= 0.3 is 12.0 Å². The first-order chi connectivity index (χ1) is 17.9. The topological polar surface area (TPSA) is 94.6 Å². The highest BCUT2D eigenvalue weighted by molar-refractivity contribution is 5.76. The Balaban J connectivity index is 1.16. The van der Waals surface area contributed by atoms with Gasteiger partial charge in [-0.05, 0) is 30.2 Å². The summed E-state index contributed by atoms with van der Waals surface area (Å²) in [5.74, 6) is -2.39. The Morgan fingerprint density at radius 2 is 1.86 bits per heavy atom. The van der Waals surface area contributed by atoms with E-state index in [1.54, 1.807) is 22.2 Å². The van der Waals surface area contributed by atoms with Gasteiger partial charge in [0.2, 0.25) is 0 Å². The van der Waals surface area contributed by atoms with Gasteiger partial charge < -0.3 is 15.0 Å². The molecule has 9 nitrogen and oxygen atoms in total. The molecule has 3 N–H and O–H groups in total. The zero-order chi connectivity index (χ0) is 25.6.